The lowest BCUT2D eigenvalue weighted by Crippen LogP contribution is -2.16. The highest BCUT2D eigenvalue weighted by Crippen LogP contribution is 2.21. The molecule has 0 saturated carbocycles. The van der Waals surface area contributed by atoms with Crippen LogP contribution in [0.25, 0.3) is 10.2 Å². The summed E-state index contributed by atoms with van der Waals surface area (Å²) in [5, 5.41) is 0.450. The molecule has 0 spiro atoms. The Labute approximate surface area is 165 Å². The number of benzene rings is 2. The van der Waals surface area contributed by atoms with Crippen molar-refractivity contribution >= 4 is 49.1 Å². The Balaban J connectivity index is 2.14. The van der Waals surface area contributed by atoms with Gasteiger partial charge in [-0.15, -0.1) is 4.40 Å². The van der Waals surface area contributed by atoms with Gasteiger partial charge in [-0.1, -0.05) is 22.9 Å². The van der Waals surface area contributed by atoms with Crippen molar-refractivity contribution < 1.29 is 17.9 Å². The van der Waals surface area contributed by atoms with Crippen LogP contribution in [0.15, 0.2) is 51.8 Å². The summed E-state index contributed by atoms with van der Waals surface area (Å²) in [6.45, 7) is 4.47. The smallest absolute Gasteiger partial charge is 0.338 e. The first kappa shape index (κ1) is 19.6. The summed E-state index contributed by atoms with van der Waals surface area (Å²) in [6, 6.07) is 11.0. The lowest BCUT2D eigenvalue weighted by Gasteiger charge is -2.03. The number of carbonyl (C=O) groups is 1. The van der Waals surface area contributed by atoms with Gasteiger partial charge in [-0.05, 0) is 56.3 Å². The van der Waals surface area contributed by atoms with E-state index in [0.29, 0.717) is 21.9 Å². The Kier molecular flexibility index (Phi) is 5.69. The molecule has 0 atom stereocenters. The van der Waals surface area contributed by atoms with Crippen molar-refractivity contribution in [2.45, 2.75) is 25.3 Å². The van der Waals surface area contributed by atoms with Crippen LogP contribution in [0, 0.1) is 0 Å². The van der Waals surface area contributed by atoms with Gasteiger partial charge in [0.05, 0.1) is 27.3 Å². The number of hydrogen-bond acceptors (Lipinski definition) is 5. The zero-order valence-corrected chi connectivity index (χ0v) is 17.1. The van der Waals surface area contributed by atoms with Crippen molar-refractivity contribution in [3.8, 4) is 0 Å². The van der Waals surface area contributed by atoms with Crippen molar-refractivity contribution in [2.75, 3.05) is 6.61 Å². The van der Waals surface area contributed by atoms with Crippen molar-refractivity contribution in [1.29, 1.82) is 0 Å². The number of aromatic nitrogens is 1. The number of rotatable bonds is 5. The average Bonchev–Trinajstić information content (AvgIpc) is 2.97. The van der Waals surface area contributed by atoms with Crippen LogP contribution in [0.2, 0.25) is 5.02 Å². The number of nitrogens with zero attached hydrogens (tertiary/aromatic N) is 2. The number of sulfonamides is 1. The van der Waals surface area contributed by atoms with Gasteiger partial charge in [0.1, 0.15) is 0 Å². The van der Waals surface area contributed by atoms with E-state index in [1.54, 1.807) is 29.7 Å². The summed E-state index contributed by atoms with van der Waals surface area (Å²) in [6.07, 6.45) is 0. The maximum absolute atomic E-state index is 12.6. The van der Waals surface area contributed by atoms with E-state index in [9.17, 15) is 13.2 Å². The maximum atomic E-state index is 12.6. The van der Waals surface area contributed by atoms with Crippen LogP contribution in [-0.4, -0.2) is 25.6 Å². The molecule has 0 aliphatic rings. The second-order valence-electron chi connectivity index (χ2n) is 5.55. The molecule has 0 aliphatic heterocycles. The van der Waals surface area contributed by atoms with Crippen molar-refractivity contribution in [1.82, 2.24) is 4.57 Å². The van der Waals surface area contributed by atoms with Crippen LogP contribution in [0.5, 0.6) is 0 Å². The van der Waals surface area contributed by atoms with Crippen LogP contribution in [0.4, 0.5) is 0 Å². The molecule has 6 nitrogen and oxygen atoms in total. The SMILES string of the molecule is CCOC(=O)c1ccc2c(c1)s/c(=N\S(=O)(=O)c1ccc(Cl)cc1)n2CC. The highest BCUT2D eigenvalue weighted by Gasteiger charge is 2.15. The Morgan fingerprint density at radius 1 is 1.19 bits per heavy atom. The molecule has 3 aromatic rings. The predicted octanol–water partition coefficient (Wildman–Crippen LogP) is 3.84. The van der Waals surface area contributed by atoms with E-state index in [1.165, 1.54) is 35.6 Å². The van der Waals surface area contributed by atoms with Crippen molar-refractivity contribution in [3.63, 3.8) is 0 Å². The van der Waals surface area contributed by atoms with Crippen LogP contribution in [-0.2, 0) is 21.3 Å². The van der Waals surface area contributed by atoms with E-state index in [1.807, 2.05) is 6.92 Å². The van der Waals surface area contributed by atoms with Gasteiger partial charge in [0.25, 0.3) is 10.0 Å². The van der Waals surface area contributed by atoms with E-state index >= 15 is 0 Å². The largest absolute Gasteiger partial charge is 0.462 e. The van der Waals surface area contributed by atoms with E-state index in [2.05, 4.69) is 4.40 Å². The fourth-order valence-electron chi connectivity index (χ4n) is 2.55. The minimum atomic E-state index is -3.88. The molecule has 0 fully saturated rings. The third-order valence-electron chi connectivity index (χ3n) is 3.82. The topological polar surface area (TPSA) is 77.7 Å². The van der Waals surface area contributed by atoms with Crippen LogP contribution in [0.3, 0.4) is 0 Å². The molecular weight excluding hydrogens is 408 g/mol. The second kappa shape index (κ2) is 7.84. The Morgan fingerprint density at radius 3 is 2.52 bits per heavy atom. The number of aryl methyl sites for hydroxylation is 1. The summed E-state index contributed by atoms with van der Waals surface area (Å²) in [4.78, 5) is 12.3. The minimum absolute atomic E-state index is 0.0687. The molecule has 0 aliphatic carbocycles. The lowest BCUT2D eigenvalue weighted by molar-refractivity contribution is 0.0526. The van der Waals surface area contributed by atoms with E-state index in [-0.39, 0.29) is 11.5 Å². The second-order valence-corrected chi connectivity index (χ2v) is 8.60. The first-order valence-corrected chi connectivity index (χ1v) is 10.9. The molecule has 27 heavy (non-hydrogen) atoms. The molecule has 9 heteroatoms. The zero-order chi connectivity index (χ0) is 19.6. The van der Waals surface area contributed by atoms with E-state index in [4.69, 9.17) is 16.3 Å². The molecule has 2 aromatic carbocycles. The number of fused-ring (bicyclic) bond motifs is 1. The summed E-state index contributed by atoms with van der Waals surface area (Å²) in [7, 11) is -3.88. The number of carbonyl (C=O) groups excluding carboxylic acids is 1. The van der Waals surface area contributed by atoms with Crippen molar-refractivity contribution in [2.24, 2.45) is 4.40 Å². The number of thiazole rings is 1. The lowest BCUT2D eigenvalue weighted by atomic mass is 10.2. The minimum Gasteiger partial charge on any atom is -0.462 e. The summed E-state index contributed by atoms with van der Waals surface area (Å²) in [5.41, 5.74) is 1.22. The Hall–Kier alpha value is -2.16. The average molecular weight is 425 g/mol. The van der Waals surface area contributed by atoms with E-state index in [0.717, 1.165) is 10.2 Å². The van der Waals surface area contributed by atoms with Crippen LogP contribution in [0.1, 0.15) is 24.2 Å². The normalized spacial score (nSPS) is 12.5. The summed E-state index contributed by atoms with van der Waals surface area (Å²) >= 11 is 7.03. The number of esters is 1. The number of hydrogen-bond donors (Lipinski definition) is 0. The third kappa shape index (κ3) is 4.07. The number of halogens is 1. The van der Waals surface area contributed by atoms with Crippen LogP contribution >= 0.6 is 22.9 Å². The van der Waals surface area contributed by atoms with Gasteiger partial charge in [0.2, 0.25) is 4.80 Å². The molecule has 1 aromatic heterocycles. The zero-order valence-electron chi connectivity index (χ0n) is 14.7. The molecular formula is C18H17ClN2O4S2. The Bertz CT molecular complexity index is 1160. The fraction of sp³-hybridized carbons (Fsp3) is 0.222. The first-order chi connectivity index (χ1) is 12.9. The standard InChI is InChI=1S/C18H17ClN2O4S2/c1-3-21-15-10-5-12(17(22)25-4-2)11-16(15)26-18(21)20-27(23,24)14-8-6-13(19)7-9-14/h5-11H,3-4H2,1-2H3/b20-18-. The molecule has 0 radical (unpaired) electrons. The van der Waals surface area contributed by atoms with Gasteiger partial charge in [0, 0.05) is 11.6 Å². The molecule has 0 amide bonds. The molecule has 0 N–H and O–H groups in total. The molecule has 0 saturated heterocycles. The van der Waals surface area contributed by atoms with Gasteiger partial charge in [0.15, 0.2) is 0 Å². The maximum Gasteiger partial charge on any atom is 0.338 e. The fourth-order valence-corrected chi connectivity index (χ4v) is 5.01. The molecule has 3 rings (SSSR count). The van der Waals surface area contributed by atoms with Gasteiger partial charge in [-0.3, -0.25) is 0 Å². The monoisotopic (exact) mass is 424 g/mol. The molecule has 142 valence electrons. The number of ether oxygens (including phenoxy) is 1. The van der Waals surface area contributed by atoms with Gasteiger partial charge in [-0.2, -0.15) is 8.42 Å². The van der Waals surface area contributed by atoms with Gasteiger partial charge >= 0.3 is 5.97 Å². The third-order valence-corrected chi connectivity index (χ3v) is 6.51. The predicted molar refractivity (Wildman–Crippen MR) is 106 cm³/mol. The highest BCUT2D eigenvalue weighted by molar-refractivity contribution is 7.90. The summed E-state index contributed by atoms with van der Waals surface area (Å²) in [5.74, 6) is -0.414. The van der Waals surface area contributed by atoms with Crippen molar-refractivity contribution in [3.05, 3.63) is 57.9 Å². The van der Waals surface area contributed by atoms with Gasteiger partial charge in [-0.25, -0.2) is 4.79 Å². The van der Waals surface area contributed by atoms with Gasteiger partial charge < -0.3 is 9.30 Å². The summed E-state index contributed by atoms with van der Waals surface area (Å²) < 4.78 is 36.8. The quantitative estimate of drug-likeness (QED) is 0.583. The molecule has 1 heterocycles. The Morgan fingerprint density at radius 2 is 1.89 bits per heavy atom. The molecule has 0 bridgehead atoms. The highest BCUT2D eigenvalue weighted by atomic mass is 35.5. The van der Waals surface area contributed by atoms with Crippen LogP contribution < -0.4 is 4.80 Å². The van der Waals surface area contributed by atoms with E-state index < -0.39 is 16.0 Å². The first-order valence-electron chi connectivity index (χ1n) is 8.22. The molecule has 0 unspecified atom stereocenters.